The number of carbonyl (C=O) groups is 1. The van der Waals surface area contributed by atoms with Crippen LogP contribution in [0.4, 0.5) is 0 Å². The van der Waals surface area contributed by atoms with Crippen molar-refractivity contribution < 1.29 is 9.21 Å². The van der Waals surface area contributed by atoms with E-state index in [4.69, 9.17) is 16.0 Å². The van der Waals surface area contributed by atoms with Gasteiger partial charge in [-0.1, -0.05) is 11.6 Å². The summed E-state index contributed by atoms with van der Waals surface area (Å²) in [5.74, 6) is 0.611. The molecule has 0 N–H and O–H groups in total. The molecular weight excluding hydrogens is 279 g/mol. The molecule has 0 unspecified atom stereocenters. The first-order valence-electron chi connectivity index (χ1n) is 4.20. The summed E-state index contributed by atoms with van der Waals surface area (Å²) in [6.45, 7) is 0. The maximum atomic E-state index is 10.8. The van der Waals surface area contributed by atoms with Crippen molar-refractivity contribution in [3.05, 3.63) is 45.6 Å². The van der Waals surface area contributed by atoms with Crippen LogP contribution in [0.5, 0.6) is 0 Å². The predicted octanol–water partition coefficient (Wildman–Crippen LogP) is 4.18. The van der Waals surface area contributed by atoms with E-state index < -0.39 is 0 Å². The van der Waals surface area contributed by atoms with E-state index in [1.807, 2.05) is 0 Å². The number of hydrogen-bond donors (Lipinski definition) is 0. The molecule has 0 aliphatic carbocycles. The molecule has 2 rings (SSSR count). The third-order valence-electron chi connectivity index (χ3n) is 2.00. The summed E-state index contributed by atoms with van der Waals surface area (Å²) in [6.07, 6.45) is 2.33. The van der Waals surface area contributed by atoms with Crippen LogP contribution in [0.2, 0.25) is 5.02 Å². The molecule has 0 spiro atoms. The Kier molecular flexibility index (Phi) is 2.93. The summed E-state index contributed by atoms with van der Waals surface area (Å²) in [5.41, 5.74) is 1.24. The van der Waals surface area contributed by atoms with Crippen LogP contribution in [-0.4, -0.2) is 6.29 Å². The van der Waals surface area contributed by atoms with Gasteiger partial charge in [-0.2, -0.15) is 0 Å². The Morgan fingerprint density at radius 3 is 2.73 bits per heavy atom. The molecule has 1 aromatic carbocycles. The maximum Gasteiger partial charge on any atom is 0.150 e. The molecule has 0 aliphatic rings. The molecule has 0 atom stereocenters. The molecule has 0 amide bonds. The topological polar surface area (TPSA) is 30.2 Å². The van der Waals surface area contributed by atoms with Crippen LogP contribution in [0.15, 0.2) is 39.4 Å². The Labute approximate surface area is 100.0 Å². The average Bonchev–Trinajstić information content (AvgIpc) is 2.64. The van der Waals surface area contributed by atoms with Crippen LogP contribution in [-0.2, 0) is 0 Å². The number of rotatable bonds is 2. The van der Waals surface area contributed by atoms with E-state index in [2.05, 4.69) is 15.9 Å². The number of hydrogen-bond acceptors (Lipinski definition) is 2. The smallest absolute Gasteiger partial charge is 0.150 e. The van der Waals surface area contributed by atoms with Crippen molar-refractivity contribution in [1.29, 1.82) is 0 Å². The summed E-state index contributed by atoms with van der Waals surface area (Å²) < 4.78 is 6.08. The van der Waals surface area contributed by atoms with Crippen molar-refractivity contribution in [2.75, 3.05) is 0 Å². The van der Waals surface area contributed by atoms with Crippen LogP contribution < -0.4 is 0 Å². The van der Waals surface area contributed by atoms with Crippen LogP contribution in [0.25, 0.3) is 11.3 Å². The maximum absolute atomic E-state index is 10.8. The fraction of sp³-hybridized carbons (Fsp3) is 0. The minimum Gasteiger partial charge on any atom is -0.463 e. The minimum absolute atomic E-state index is 0.551. The zero-order valence-electron chi connectivity index (χ0n) is 7.54. The molecule has 4 heteroatoms. The van der Waals surface area contributed by atoms with Gasteiger partial charge >= 0.3 is 0 Å². The number of halogens is 2. The van der Waals surface area contributed by atoms with Crippen molar-refractivity contribution in [3.63, 3.8) is 0 Å². The highest BCUT2D eigenvalue weighted by atomic mass is 79.9. The van der Waals surface area contributed by atoms with Crippen molar-refractivity contribution in [3.8, 4) is 11.3 Å². The van der Waals surface area contributed by atoms with Gasteiger partial charge in [-0.25, -0.2) is 0 Å². The van der Waals surface area contributed by atoms with Gasteiger partial charge in [0.1, 0.15) is 5.76 Å². The first kappa shape index (κ1) is 10.5. The van der Waals surface area contributed by atoms with Gasteiger partial charge in [-0.15, -0.1) is 0 Å². The molecule has 0 fully saturated rings. The molecule has 1 aromatic heterocycles. The standard InChI is InChI=1S/C11H6BrClO2/c12-10-3-4-15-11(10)9-5-8(13)2-1-7(9)6-14/h1-6H. The molecule has 0 saturated heterocycles. The van der Waals surface area contributed by atoms with Gasteiger partial charge in [0.15, 0.2) is 6.29 Å². The van der Waals surface area contributed by atoms with Gasteiger partial charge in [0.2, 0.25) is 0 Å². The summed E-state index contributed by atoms with van der Waals surface area (Å²) in [5, 5.41) is 0.568. The summed E-state index contributed by atoms with van der Waals surface area (Å²) in [6, 6.07) is 6.81. The quantitative estimate of drug-likeness (QED) is 0.775. The molecule has 0 radical (unpaired) electrons. The molecule has 1 heterocycles. The van der Waals surface area contributed by atoms with Gasteiger partial charge in [-0.05, 0) is 40.2 Å². The molecular formula is C11H6BrClO2. The van der Waals surface area contributed by atoms with Gasteiger partial charge in [0.05, 0.1) is 10.7 Å². The Balaban J connectivity index is 2.65. The van der Waals surface area contributed by atoms with E-state index in [0.29, 0.717) is 21.9 Å². The monoisotopic (exact) mass is 284 g/mol. The number of benzene rings is 1. The van der Waals surface area contributed by atoms with Crippen molar-refractivity contribution in [1.82, 2.24) is 0 Å². The fourth-order valence-corrected chi connectivity index (χ4v) is 1.90. The highest BCUT2D eigenvalue weighted by Gasteiger charge is 2.11. The van der Waals surface area contributed by atoms with E-state index in [9.17, 15) is 4.79 Å². The summed E-state index contributed by atoms with van der Waals surface area (Å²) >= 11 is 9.21. The van der Waals surface area contributed by atoms with Gasteiger partial charge in [0, 0.05) is 16.1 Å². The second kappa shape index (κ2) is 4.21. The van der Waals surface area contributed by atoms with Crippen molar-refractivity contribution in [2.45, 2.75) is 0 Å². The van der Waals surface area contributed by atoms with Crippen LogP contribution in [0.3, 0.4) is 0 Å². The molecule has 2 aromatic rings. The lowest BCUT2D eigenvalue weighted by Crippen LogP contribution is -1.86. The van der Waals surface area contributed by atoms with Crippen molar-refractivity contribution in [2.24, 2.45) is 0 Å². The third kappa shape index (κ3) is 1.98. The Morgan fingerprint density at radius 2 is 2.13 bits per heavy atom. The number of aldehydes is 1. The van der Waals surface area contributed by atoms with Crippen LogP contribution in [0.1, 0.15) is 10.4 Å². The van der Waals surface area contributed by atoms with Crippen LogP contribution >= 0.6 is 27.5 Å². The van der Waals surface area contributed by atoms with Gasteiger partial charge in [0.25, 0.3) is 0 Å². The number of furan rings is 1. The lowest BCUT2D eigenvalue weighted by molar-refractivity contribution is 0.112. The molecule has 0 saturated carbocycles. The lowest BCUT2D eigenvalue weighted by Gasteiger charge is -2.02. The minimum atomic E-state index is 0.551. The SMILES string of the molecule is O=Cc1ccc(Cl)cc1-c1occc1Br. The molecule has 0 bridgehead atoms. The largest absolute Gasteiger partial charge is 0.463 e. The van der Waals surface area contributed by atoms with E-state index in [0.717, 1.165) is 10.8 Å². The average molecular weight is 286 g/mol. The van der Waals surface area contributed by atoms with Crippen molar-refractivity contribution >= 4 is 33.8 Å². The fourth-order valence-electron chi connectivity index (χ4n) is 1.31. The third-order valence-corrected chi connectivity index (χ3v) is 2.86. The van der Waals surface area contributed by atoms with E-state index in [-0.39, 0.29) is 0 Å². The van der Waals surface area contributed by atoms with E-state index in [1.165, 1.54) is 0 Å². The first-order chi connectivity index (χ1) is 7.22. The predicted molar refractivity (Wildman–Crippen MR) is 62.2 cm³/mol. The highest BCUT2D eigenvalue weighted by molar-refractivity contribution is 9.10. The molecule has 15 heavy (non-hydrogen) atoms. The Hall–Kier alpha value is -1.06. The number of carbonyl (C=O) groups excluding carboxylic acids is 1. The van der Waals surface area contributed by atoms with E-state index in [1.54, 1.807) is 30.5 Å². The molecule has 76 valence electrons. The summed E-state index contributed by atoms with van der Waals surface area (Å²) in [4.78, 5) is 10.8. The zero-order valence-corrected chi connectivity index (χ0v) is 9.88. The first-order valence-corrected chi connectivity index (χ1v) is 5.37. The summed E-state index contributed by atoms with van der Waals surface area (Å²) in [7, 11) is 0. The Morgan fingerprint density at radius 1 is 1.33 bits per heavy atom. The zero-order chi connectivity index (χ0) is 10.8. The second-order valence-electron chi connectivity index (χ2n) is 2.95. The Bertz CT molecular complexity index is 505. The molecule has 2 nitrogen and oxygen atoms in total. The highest BCUT2D eigenvalue weighted by Crippen LogP contribution is 2.32. The van der Waals surface area contributed by atoms with Gasteiger partial charge in [-0.3, -0.25) is 4.79 Å². The van der Waals surface area contributed by atoms with Crippen LogP contribution in [0, 0.1) is 0 Å². The lowest BCUT2D eigenvalue weighted by atomic mass is 10.1. The van der Waals surface area contributed by atoms with E-state index >= 15 is 0 Å². The molecule has 0 aliphatic heterocycles. The second-order valence-corrected chi connectivity index (χ2v) is 4.24. The normalized spacial score (nSPS) is 10.3. The van der Waals surface area contributed by atoms with Gasteiger partial charge < -0.3 is 4.42 Å².